The first kappa shape index (κ1) is 18.6. The van der Waals surface area contributed by atoms with E-state index in [9.17, 15) is 14.4 Å². The third kappa shape index (κ3) is 2.77. The minimum absolute atomic E-state index is 0.249. The molecule has 3 aromatic heterocycles. The Labute approximate surface area is 154 Å². The maximum absolute atomic E-state index is 13.0. The molecule has 3 heterocycles. The molecule has 27 heavy (non-hydrogen) atoms. The molecule has 2 N–H and O–H groups in total. The first-order chi connectivity index (χ1) is 12.7. The van der Waals surface area contributed by atoms with Crippen LogP contribution in [0.3, 0.4) is 0 Å². The topological polar surface area (TPSA) is 123 Å². The normalized spacial score (nSPS) is 11.4. The average molecular weight is 373 g/mol. The van der Waals surface area contributed by atoms with E-state index in [0.717, 1.165) is 27.9 Å². The van der Waals surface area contributed by atoms with Gasteiger partial charge in [0.1, 0.15) is 6.54 Å². The Balaban J connectivity index is 2.46. The molecule has 0 radical (unpaired) electrons. The van der Waals surface area contributed by atoms with Gasteiger partial charge in [-0.2, -0.15) is 10.1 Å². The molecule has 0 bridgehead atoms. The minimum atomic E-state index is -0.760. The molecule has 0 saturated carbocycles. The Morgan fingerprint density at radius 1 is 1.15 bits per heavy atom. The van der Waals surface area contributed by atoms with E-state index in [1.54, 1.807) is 9.25 Å². The zero-order valence-electron chi connectivity index (χ0n) is 16.1. The van der Waals surface area contributed by atoms with Crippen molar-refractivity contribution in [3.63, 3.8) is 0 Å². The van der Waals surface area contributed by atoms with Crippen LogP contribution in [0, 0.1) is 20.8 Å². The molecule has 144 valence electrons. The van der Waals surface area contributed by atoms with E-state index in [2.05, 4.69) is 10.1 Å². The van der Waals surface area contributed by atoms with Gasteiger partial charge in [0.15, 0.2) is 11.2 Å². The maximum Gasteiger partial charge on any atom is 0.332 e. The van der Waals surface area contributed by atoms with Gasteiger partial charge in [0.2, 0.25) is 11.9 Å². The number of hydrogen-bond donors (Lipinski definition) is 1. The molecule has 3 rings (SSSR count). The lowest BCUT2D eigenvalue weighted by Gasteiger charge is -2.10. The smallest absolute Gasteiger partial charge is 0.332 e. The minimum Gasteiger partial charge on any atom is -0.368 e. The van der Waals surface area contributed by atoms with Crippen LogP contribution in [0.1, 0.15) is 30.3 Å². The van der Waals surface area contributed by atoms with E-state index in [1.165, 1.54) is 11.6 Å². The molecule has 0 aliphatic rings. The highest BCUT2D eigenvalue weighted by molar-refractivity contribution is 5.75. The van der Waals surface area contributed by atoms with Crippen molar-refractivity contribution < 1.29 is 4.79 Å². The van der Waals surface area contributed by atoms with Gasteiger partial charge in [0.05, 0.1) is 5.69 Å². The van der Waals surface area contributed by atoms with Gasteiger partial charge in [-0.25, -0.2) is 14.0 Å². The van der Waals surface area contributed by atoms with Gasteiger partial charge >= 0.3 is 5.69 Å². The molecule has 0 atom stereocenters. The van der Waals surface area contributed by atoms with Crippen molar-refractivity contribution in [1.29, 1.82) is 0 Å². The summed E-state index contributed by atoms with van der Waals surface area (Å²) in [6.45, 7) is 7.81. The lowest BCUT2D eigenvalue weighted by molar-refractivity contribution is -0.118. The van der Waals surface area contributed by atoms with Crippen molar-refractivity contribution in [2.24, 2.45) is 12.8 Å². The molecular formula is C17H23N7O3. The van der Waals surface area contributed by atoms with Gasteiger partial charge < -0.3 is 10.3 Å². The van der Waals surface area contributed by atoms with Crippen LogP contribution in [0.25, 0.3) is 17.1 Å². The number of primary amides is 1. The number of nitrogens with two attached hydrogens (primary N) is 1. The third-order valence-corrected chi connectivity index (χ3v) is 4.82. The number of fused-ring (bicyclic) bond motifs is 1. The Hall–Kier alpha value is -3.17. The highest BCUT2D eigenvalue weighted by Crippen LogP contribution is 2.20. The fourth-order valence-corrected chi connectivity index (χ4v) is 3.17. The van der Waals surface area contributed by atoms with Crippen molar-refractivity contribution in [3.8, 4) is 5.95 Å². The Morgan fingerprint density at radius 3 is 2.33 bits per heavy atom. The Kier molecular flexibility index (Phi) is 4.50. The summed E-state index contributed by atoms with van der Waals surface area (Å²) in [7, 11) is 1.51. The predicted molar refractivity (Wildman–Crippen MR) is 100 cm³/mol. The number of carbonyl (C=O) groups is 1. The van der Waals surface area contributed by atoms with E-state index in [4.69, 9.17) is 5.73 Å². The van der Waals surface area contributed by atoms with Crippen LogP contribution >= 0.6 is 0 Å². The molecule has 0 saturated heterocycles. The average Bonchev–Trinajstić information content (AvgIpc) is 3.10. The number of aryl methyl sites for hydroxylation is 3. The van der Waals surface area contributed by atoms with Crippen molar-refractivity contribution in [2.75, 3.05) is 0 Å². The Bertz CT molecular complexity index is 1180. The summed E-state index contributed by atoms with van der Waals surface area (Å²) in [5, 5.41) is 4.53. The standard InChI is InChI=1S/C17H23N7O3/c1-6-7-22-13-14(19-16(22)24-11(4)9(2)10(3)20-24)21(5)17(27)23(15(13)26)8-12(18)25/h6-8H2,1-5H3,(H2,18,25). The number of rotatable bonds is 5. The Morgan fingerprint density at radius 2 is 1.81 bits per heavy atom. The van der Waals surface area contributed by atoms with E-state index in [-0.39, 0.29) is 11.2 Å². The van der Waals surface area contributed by atoms with Crippen molar-refractivity contribution in [3.05, 3.63) is 37.8 Å². The van der Waals surface area contributed by atoms with Crippen LogP contribution in [0.2, 0.25) is 0 Å². The van der Waals surface area contributed by atoms with Crippen molar-refractivity contribution in [1.82, 2.24) is 28.5 Å². The summed E-state index contributed by atoms with van der Waals surface area (Å²) in [6, 6.07) is 0. The number of carbonyl (C=O) groups excluding carboxylic acids is 1. The van der Waals surface area contributed by atoms with Crippen molar-refractivity contribution in [2.45, 2.75) is 47.2 Å². The SMILES string of the molecule is CCCn1c(-n2nc(C)c(C)c2C)nc2c1c(=O)n(CC(N)=O)c(=O)n2C. The van der Waals surface area contributed by atoms with Crippen LogP contribution in [0.15, 0.2) is 9.59 Å². The number of nitrogens with zero attached hydrogens (tertiary/aromatic N) is 6. The van der Waals surface area contributed by atoms with E-state index in [0.29, 0.717) is 12.5 Å². The molecule has 0 spiro atoms. The van der Waals surface area contributed by atoms with E-state index >= 15 is 0 Å². The fourth-order valence-electron chi connectivity index (χ4n) is 3.17. The van der Waals surface area contributed by atoms with Gasteiger partial charge in [-0.05, 0) is 32.8 Å². The number of imidazole rings is 1. The van der Waals surface area contributed by atoms with E-state index in [1.807, 2.05) is 27.7 Å². The molecule has 0 aromatic carbocycles. The molecule has 1 amide bonds. The molecule has 10 nitrogen and oxygen atoms in total. The summed E-state index contributed by atoms with van der Waals surface area (Å²) < 4.78 is 5.53. The molecule has 0 unspecified atom stereocenters. The second kappa shape index (κ2) is 6.53. The predicted octanol–water partition coefficient (Wildman–Crippen LogP) is -0.0970. The third-order valence-electron chi connectivity index (χ3n) is 4.82. The van der Waals surface area contributed by atoms with Crippen LogP contribution in [-0.2, 0) is 24.9 Å². The number of hydrogen-bond acceptors (Lipinski definition) is 5. The van der Waals surface area contributed by atoms with Gasteiger partial charge in [-0.3, -0.25) is 14.2 Å². The molecule has 10 heteroatoms. The number of amides is 1. The summed E-state index contributed by atoms with van der Waals surface area (Å²) in [4.78, 5) is 41.4. The molecule has 0 aliphatic carbocycles. The zero-order valence-corrected chi connectivity index (χ0v) is 16.1. The fraction of sp³-hybridized carbons (Fsp3) is 0.471. The first-order valence-electron chi connectivity index (χ1n) is 8.70. The first-order valence-corrected chi connectivity index (χ1v) is 8.70. The lowest BCUT2D eigenvalue weighted by Crippen LogP contribution is -2.42. The largest absolute Gasteiger partial charge is 0.368 e. The zero-order chi connectivity index (χ0) is 20.0. The maximum atomic E-state index is 13.0. The van der Waals surface area contributed by atoms with Crippen LogP contribution in [0.5, 0.6) is 0 Å². The second-order valence-electron chi connectivity index (χ2n) is 6.64. The van der Waals surface area contributed by atoms with Gasteiger partial charge in [0, 0.05) is 19.3 Å². The summed E-state index contributed by atoms with van der Waals surface area (Å²) in [5.41, 5.74) is 7.29. The lowest BCUT2D eigenvalue weighted by atomic mass is 10.2. The highest BCUT2D eigenvalue weighted by atomic mass is 16.2. The van der Waals surface area contributed by atoms with Crippen molar-refractivity contribution >= 4 is 17.1 Å². The summed E-state index contributed by atoms with van der Waals surface area (Å²) >= 11 is 0. The van der Waals surface area contributed by atoms with E-state index < -0.39 is 23.7 Å². The molecule has 0 aliphatic heterocycles. The monoisotopic (exact) mass is 373 g/mol. The van der Waals surface area contributed by atoms with Crippen LogP contribution < -0.4 is 17.0 Å². The molecular weight excluding hydrogens is 350 g/mol. The van der Waals surface area contributed by atoms with Crippen LogP contribution in [-0.4, -0.2) is 34.4 Å². The quantitative estimate of drug-likeness (QED) is 0.669. The second-order valence-corrected chi connectivity index (χ2v) is 6.64. The van der Waals surface area contributed by atoms with Gasteiger partial charge in [0.25, 0.3) is 5.56 Å². The summed E-state index contributed by atoms with van der Waals surface area (Å²) in [5.74, 6) is -0.297. The summed E-state index contributed by atoms with van der Waals surface area (Å²) in [6.07, 6.45) is 0.745. The molecule has 3 aromatic rings. The highest BCUT2D eigenvalue weighted by Gasteiger charge is 2.23. The van der Waals surface area contributed by atoms with Gasteiger partial charge in [-0.1, -0.05) is 6.92 Å². The number of aromatic nitrogens is 6. The van der Waals surface area contributed by atoms with Gasteiger partial charge in [-0.15, -0.1) is 0 Å². The van der Waals surface area contributed by atoms with Crippen LogP contribution in [0.4, 0.5) is 0 Å². The molecule has 0 fully saturated rings.